The lowest BCUT2D eigenvalue weighted by Crippen LogP contribution is -2.41. The third-order valence-electron chi connectivity index (χ3n) is 4.39. The highest BCUT2D eigenvalue weighted by Crippen LogP contribution is 2.32. The van der Waals surface area contributed by atoms with Crippen LogP contribution in [0.1, 0.15) is 51.5 Å². The molecule has 0 aliphatic heterocycles. The van der Waals surface area contributed by atoms with Gasteiger partial charge < -0.3 is 4.74 Å². The molecule has 0 spiro atoms. The van der Waals surface area contributed by atoms with Crippen molar-refractivity contribution < 1.29 is 13.2 Å². The lowest BCUT2D eigenvalue weighted by molar-refractivity contribution is 0.303. The highest BCUT2D eigenvalue weighted by atomic mass is 35.5. The number of benzene rings is 1. The van der Waals surface area contributed by atoms with E-state index in [1.165, 1.54) is 12.5 Å². The van der Waals surface area contributed by atoms with Gasteiger partial charge >= 0.3 is 0 Å². The smallest absolute Gasteiger partial charge is 0.244 e. The second-order valence-electron chi connectivity index (χ2n) is 6.39. The number of aryl methyl sites for hydroxylation is 1. The molecule has 1 saturated carbocycles. The fraction of sp³-hybridized carbons (Fsp3) is 0.647. The minimum absolute atomic E-state index is 0.0205. The molecule has 0 heterocycles. The van der Waals surface area contributed by atoms with E-state index in [4.69, 9.17) is 16.3 Å². The SMILES string of the molecule is CCCOc1cc(C)c(Cl)cc1S(=O)(=O)NC1CCCCC1C. The molecule has 1 fully saturated rings. The van der Waals surface area contributed by atoms with Crippen molar-refractivity contribution in [2.24, 2.45) is 5.92 Å². The van der Waals surface area contributed by atoms with E-state index in [-0.39, 0.29) is 10.9 Å². The number of ether oxygens (including phenoxy) is 1. The number of hydrogen-bond acceptors (Lipinski definition) is 3. The maximum Gasteiger partial charge on any atom is 0.244 e. The Morgan fingerprint density at radius 3 is 2.65 bits per heavy atom. The quantitative estimate of drug-likeness (QED) is 0.824. The van der Waals surface area contributed by atoms with E-state index in [0.717, 1.165) is 31.2 Å². The molecule has 6 heteroatoms. The third kappa shape index (κ3) is 4.61. The summed E-state index contributed by atoms with van der Waals surface area (Å²) < 4.78 is 34.2. The second kappa shape index (κ2) is 7.86. The van der Waals surface area contributed by atoms with Crippen molar-refractivity contribution in [3.63, 3.8) is 0 Å². The van der Waals surface area contributed by atoms with Crippen LogP contribution in [-0.2, 0) is 10.0 Å². The van der Waals surface area contributed by atoms with Gasteiger partial charge in [0.15, 0.2) is 0 Å². The molecule has 1 aromatic carbocycles. The van der Waals surface area contributed by atoms with Crippen LogP contribution in [0.3, 0.4) is 0 Å². The number of rotatable bonds is 6. The third-order valence-corrected chi connectivity index (χ3v) is 6.31. The van der Waals surface area contributed by atoms with E-state index in [2.05, 4.69) is 11.6 Å². The van der Waals surface area contributed by atoms with Crippen molar-refractivity contribution >= 4 is 21.6 Å². The van der Waals surface area contributed by atoms with E-state index in [0.29, 0.717) is 23.3 Å². The molecule has 23 heavy (non-hydrogen) atoms. The van der Waals surface area contributed by atoms with Crippen LogP contribution >= 0.6 is 11.6 Å². The normalized spacial score (nSPS) is 22.1. The van der Waals surface area contributed by atoms with Crippen LogP contribution in [0.4, 0.5) is 0 Å². The molecule has 1 aliphatic rings. The lowest BCUT2D eigenvalue weighted by atomic mass is 9.87. The van der Waals surface area contributed by atoms with Gasteiger partial charge in [-0.05, 0) is 49.8 Å². The summed E-state index contributed by atoms with van der Waals surface area (Å²) in [6.07, 6.45) is 4.98. The van der Waals surface area contributed by atoms with Crippen molar-refractivity contribution in [1.29, 1.82) is 0 Å². The molecular weight excluding hydrogens is 334 g/mol. The fourth-order valence-electron chi connectivity index (χ4n) is 2.93. The minimum atomic E-state index is -3.65. The van der Waals surface area contributed by atoms with Gasteiger partial charge in [0.2, 0.25) is 10.0 Å². The summed E-state index contributed by atoms with van der Waals surface area (Å²) in [5.74, 6) is 0.726. The highest BCUT2D eigenvalue weighted by molar-refractivity contribution is 7.89. The minimum Gasteiger partial charge on any atom is -0.492 e. The predicted molar refractivity (Wildman–Crippen MR) is 93.7 cm³/mol. The van der Waals surface area contributed by atoms with Crippen LogP contribution in [-0.4, -0.2) is 21.1 Å². The van der Waals surface area contributed by atoms with Crippen molar-refractivity contribution in [2.45, 2.75) is 63.8 Å². The fourth-order valence-corrected chi connectivity index (χ4v) is 4.69. The van der Waals surface area contributed by atoms with Gasteiger partial charge in [0.25, 0.3) is 0 Å². The van der Waals surface area contributed by atoms with Crippen LogP contribution in [0, 0.1) is 12.8 Å². The highest BCUT2D eigenvalue weighted by Gasteiger charge is 2.29. The standard InChI is InChI=1S/C17H26ClNO3S/c1-4-9-22-16-10-13(3)14(18)11-17(16)23(20,21)19-15-8-6-5-7-12(15)2/h10-12,15,19H,4-9H2,1-3H3. The first-order chi connectivity index (χ1) is 10.8. The molecule has 1 aliphatic carbocycles. The van der Waals surface area contributed by atoms with E-state index >= 15 is 0 Å². The molecule has 2 rings (SSSR count). The Morgan fingerprint density at radius 2 is 2.00 bits per heavy atom. The van der Waals surface area contributed by atoms with Crippen LogP contribution in [0.25, 0.3) is 0 Å². The van der Waals surface area contributed by atoms with Crippen molar-refractivity contribution in [1.82, 2.24) is 4.72 Å². The average molecular weight is 360 g/mol. The number of halogens is 1. The summed E-state index contributed by atoms with van der Waals surface area (Å²) in [6.45, 7) is 6.40. The molecule has 4 nitrogen and oxygen atoms in total. The summed E-state index contributed by atoms with van der Waals surface area (Å²) in [5.41, 5.74) is 0.808. The topological polar surface area (TPSA) is 55.4 Å². The van der Waals surface area contributed by atoms with Crippen LogP contribution < -0.4 is 9.46 Å². The van der Waals surface area contributed by atoms with Crippen molar-refractivity contribution in [2.75, 3.05) is 6.61 Å². The Hall–Kier alpha value is -0.780. The Morgan fingerprint density at radius 1 is 1.30 bits per heavy atom. The maximum absolute atomic E-state index is 12.8. The molecule has 1 aromatic rings. The van der Waals surface area contributed by atoms with Gasteiger partial charge in [-0.25, -0.2) is 13.1 Å². The molecule has 0 aromatic heterocycles. The van der Waals surface area contributed by atoms with Gasteiger partial charge in [0.05, 0.1) is 6.61 Å². The summed E-state index contributed by atoms with van der Waals surface area (Å²) in [7, 11) is -3.65. The van der Waals surface area contributed by atoms with E-state index in [1.54, 1.807) is 6.07 Å². The second-order valence-corrected chi connectivity index (χ2v) is 8.48. The number of hydrogen-bond donors (Lipinski definition) is 1. The van der Waals surface area contributed by atoms with Crippen LogP contribution in [0.5, 0.6) is 5.75 Å². The molecule has 2 unspecified atom stereocenters. The van der Waals surface area contributed by atoms with E-state index in [1.807, 2.05) is 13.8 Å². The van der Waals surface area contributed by atoms with Gasteiger partial charge in [-0.15, -0.1) is 0 Å². The largest absolute Gasteiger partial charge is 0.492 e. The molecule has 2 atom stereocenters. The monoisotopic (exact) mass is 359 g/mol. The van der Waals surface area contributed by atoms with Gasteiger partial charge in [-0.2, -0.15) is 0 Å². The Bertz CT molecular complexity index is 645. The Kier molecular flexibility index (Phi) is 6.34. The molecule has 0 amide bonds. The van der Waals surface area contributed by atoms with Gasteiger partial charge in [0.1, 0.15) is 10.6 Å². The zero-order valence-corrected chi connectivity index (χ0v) is 15.6. The summed E-state index contributed by atoms with van der Waals surface area (Å²) in [5, 5.41) is 0.436. The van der Waals surface area contributed by atoms with E-state index < -0.39 is 10.0 Å². The lowest BCUT2D eigenvalue weighted by Gasteiger charge is -2.29. The zero-order chi connectivity index (χ0) is 17.0. The Labute approximate surface area is 144 Å². The number of nitrogens with one attached hydrogen (secondary N) is 1. The first kappa shape index (κ1) is 18.6. The molecule has 0 bridgehead atoms. The summed E-state index contributed by atoms with van der Waals surface area (Å²) in [6, 6.07) is 3.18. The molecule has 1 N–H and O–H groups in total. The predicted octanol–water partition coefficient (Wildman–Crippen LogP) is 4.29. The molecule has 130 valence electrons. The molecule has 0 radical (unpaired) electrons. The van der Waals surface area contributed by atoms with Crippen molar-refractivity contribution in [3.8, 4) is 5.75 Å². The number of sulfonamides is 1. The van der Waals surface area contributed by atoms with Gasteiger partial charge in [-0.1, -0.05) is 38.3 Å². The summed E-state index contributed by atoms with van der Waals surface area (Å²) >= 11 is 6.15. The Balaban J connectivity index is 2.31. The first-order valence-corrected chi connectivity index (χ1v) is 10.2. The van der Waals surface area contributed by atoms with E-state index in [9.17, 15) is 8.42 Å². The van der Waals surface area contributed by atoms with Crippen LogP contribution in [0.2, 0.25) is 5.02 Å². The van der Waals surface area contributed by atoms with Crippen molar-refractivity contribution in [3.05, 3.63) is 22.7 Å². The van der Waals surface area contributed by atoms with Gasteiger partial charge in [0, 0.05) is 11.1 Å². The van der Waals surface area contributed by atoms with Crippen LogP contribution in [0.15, 0.2) is 17.0 Å². The maximum atomic E-state index is 12.8. The zero-order valence-electron chi connectivity index (χ0n) is 14.1. The van der Waals surface area contributed by atoms with Gasteiger partial charge in [-0.3, -0.25) is 0 Å². The molecule has 0 saturated heterocycles. The summed E-state index contributed by atoms with van der Waals surface area (Å²) in [4.78, 5) is 0.138. The average Bonchev–Trinajstić information content (AvgIpc) is 2.50. The first-order valence-electron chi connectivity index (χ1n) is 8.30. The molecular formula is C17H26ClNO3S.